The number of pyridine rings is 1. The lowest BCUT2D eigenvalue weighted by Gasteiger charge is -2.32. The third-order valence-corrected chi connectivity index (χ3v) is 4.36. The fraction of sp³-hybridized carbons (Fsp3) is 0.316. The van der Waals surface area contributed by atoms with E-state index in [4.69, 9.17) is 0 Å². The fourth-order valence-corrected chi connectivity index (χ4v) is 2.77. The predicted octanol–water partition coefficient (Wildman–Crippen LogP) is 2.42. The van der Waals surface area contributed by atoms with Crippen LogP contribution in [0.5, 0.6) is 0 Å². The van der Waals surface area contributed by atoms with Gasteiger partial charge in [0.05, 0.1) is 17.4 Å². The standard InChI is InChI=1S/C19H22N4O2/c1-14(24)15-3-5-17(6-4-15)21-18-11-16(12-20-13-18)19(25)23-9-7-22(2)8-10-23/h3-6,11-13,21H,7-10H2,1-2H3. The van der Waals surface area contributed by atoms with Crippen LogP contribution in [-0.2, 0) is 0 Å². The van der Waals surface area contributed by atoms with Crippen LogP contribution in [0.15, 0.2) is 42.7 Å². The number of carbonyl (C=O) groups is 2. The normalized spacial score (nSPS) is 15.0. The molecule has 6 nitrogen and oxygen atoms in total. The Labute approximate surface area is 147 Å². The molecular formula is C19H22N4O2. The first-order valence-electron chi connectivity index (χ1n) is 8.34. The van der Waals surface area contributed by atoms with Gasteiger partial charge in [-0.15, -0.1) is 0 Å². The number of Topliss-reactive ketones (excluding diaryl/α,β-unsaturated/α-hetero) is 1. The molecule has 1 amide bonds. The minimum atomic E-state index is 0.0103. The van der Waals surface area contributed by atoms with Crippen molar-refractivity contribution in [2.24, 2.45) is 0 Å². The van der Waals surface area contributed by atoms with E-state index >= 15 is 0 Å². The highest BCUT2D eigenvalue weighted by molar-refractivity contribution is 5.95. The van der Waals surface area contributed by atoms with Crippen LogP contribution in [0.2, 0.25) is 0 Å². The molecule has 0 saturated carbocycles. The second-order valence-corrected chi connectivity index (χ2v) is 6.32. The number of nitrogens with zero attached hydrogens (tertiary/aromatic N) is 3. The number of anilines is 2. The molecular weight excluding hydrogens is 316 g/mol. The van der Waals surface area contributed by atoms with Crippen molar-refractivity contribution in [3.05, 3.63) is 53.9 Å². The lowest BCUT2D eigenvalue weighted by Crippen LogP contribution is -2.47. The SMILES string of the molecule is CC(=O)c1ccc(Nc2cncc(C(=O)N3CCN(C)CC3)c2)cc1. The molecule has 1 aromatic heterocycles. The molecule has 2 heterocycles. The third kappa shape index (κ3) is 4.22. The number of carbonyl (C=O) groups excluding carboxylic acids is 2. The average Bonchev–Trinajstić information content (AvgIpc) is 2.62. The first kappa shape index (κ1) is 17.1. The van der Waals surface area contributed by atoms with Crippen molar-refractivity contribution in [3.8, 4) is 0 Å². The Kier molecular flexibility index (Phi) is 5.09. The van der Waals surface area contributed by atoms with Crippen LogP contribution in [0.4, 0.5) is 11.4 Å². The summed E-state index contributed by atoms with van der Waals surface area (Å²) in [6.07, 6.45) is 3.28. The quantitative estimate of drug-likeness (QED) is 0.867. The molecule has 0 bridgehead atoms. The van der Waals surface area contributed by atoms with Gasteiger partial charge in [0.1, 0.15) is 0 Å². The third-order valence-electron chi connectivity index (χ3n) is 4.36. The molecule has 1 aromatic carbocycles. The smallest absolute Gasteiger partial charge is 0.255 e. The van der Waals surface area contributed by atoms with Gasteiger partial charge in [-0.25, -0.2) is 0 Å². The largest absolute Gasteiger partial charge is 0.354 e. The maximum Gasteiger partial charge on any atom is 0.255 e. The Morgan fingerprint density at radius 3 is 2.28 bits per heavy atom. The highest BCUT2D eigenvalue weighted by atomic mass is 16.2. The van der Waals surface area contributed by atoms with Crippen LogP contribution >= 0.6 is 0 Å². The summed E-state index contributed by atoms with van der Waals surface area (Å²) in [5, 5.41) is 3.22. The van der Waals surface area contributed by atoms with Gasteiger partial charge in [0, 0.05) is 43.6 Å². The number of hydrogen-bond donors (Lipinski definition) is 1. The minimum Gasteiger partial charge on any atom is -0.354 e. The highest BCUT2D eigenvalue weighted by Gasteiger charge is 2.20. The number of amides is 1. The summed E-state index contributed by atoms with van der Waals surface area (Å²) in [6.45, 7) is 4.79. The lowest BCUT2D eigenvalue weighted by molar-refractivity contribution is 0.0663. The van der Waals surface area contributed by atoms with Crippen molar-refractivity contribution in [1.29, 1.82) is 0 Å². The fourth-order valence-electron chi connectivity index (χ4n) is 2.77. The number of likely N-dealkylation sites (N-methyl/N-ethyl adjacent to an activating group) is 1. The average molecular weight is 338 g/mol. The van der Waals surface area contributed by atoms with Gasteiger partial charge in [-0.05, 0) is 44.3 Å². The molecule has 25 heavy (non-hydrogen) atoms. The molecule has 3 rings (SSSR count). The van der Waals surface area contributed by atoms with Crippen LogP contribution in [-0.4, -0.2) is 59.7 Å². The van der Waals surface area contributed by atoms with E-state index < -0.39 is 0 Å². The number of benzene rings is 1. The highest BCUT2D eigenvalue weighted by Crippen LogP contribution is 2.18. The number of hydrogen-bond acceptors (Lipinski definition) is 5. The van der Waals surface area contributed by atoms with Crippen molar-refractivity contribution < 1.29 is 9.59 Å². The molecule has 0 radical (unpaired) electrons. The van der Waals surface area contributed by atoms with Gasteiger partial charge in [-0.1, -0.05) is 0 Å². The number of aromatic nitrogens is 1. The summed E-state index contributed by atoms with van der Waals surface area (Å²) in [5.74, 6) is 0.0455. The Balaban J connectivity index is 1.70. The summed E-state index contributed by atoms with van der Waals surface area (Å²) in [4.78, 5) is 32.2. The van der Waals surface area contributed by atoms with E-state index in [9.17, 15) is 9.59 Å². The topological polar surface area (TPSA) is 65.5 Å². The molecule has 1 N–H and O–H groups in total. The lowest BCUT2D eigenvalue weighted by atomic mass is 10.1. The van der Waals surface area contributed by atoms with Crippen LogP contribution in [0.25, 0.3) is 0 Å². The summed E-state index contributed by atoms with van der Waals surface area (Å²) < 4.78 is 0. The number of rotatable bonds is 4. The first-order chi connectivity index (χ1) is 12.0. The number of ketones is 1. The molecule has 1 fully saturated rings. The van der Waals surface area contributed by atoms with Crippen LogP contribution in [0, 0.1) is 0 Å². The van der Waals surface area contributed by atoms with E-state index in [0.29, 0.717) is 11.1 Å². The molecule has 0 aliphatic carbocycles. The Morgan fingerprint density at radius 2 is 1.64 bits per heavy atom. The van der Waals surface area contributed by atoms with E-state index in [1.807, 2.05) is 23.1 Å². The molecule has 2 aromatic rings. The van der Waals surface area contributed by atoms with Gasteiger partial charge in [-0.3, -0.25) is 14.6 Å². The molecule has 1 aliphatic heterocycles. The predicted molar refractivity (Wildman–Crippen MR) is 97.4 cm³/mol. The molecule has 130 valence electrons. The van der Waals surface area contributed by atoms with Crippen LogP contribution < -0.4 is 5.32 Å². The van der Waals surface area contributed by atoms with Crippen molar-refractivity contribution in [1.82, 2.24) is 14.8 Å². The summed E-state index contributed by atoms with van der Waals surface area (Å²) >= 11 is 0. The maximum atomic E-state index is 12.6. The van der Waals surface area contributed by atoms with Crippen molar-refractivity contribution in [2.45, 2.75) is 6.92 Å². The van der Waals surface area contributed by atoms with Crippen molar-refractivity contribution in [2.75, 3.05) is 38.5 Å². The molecule has 0 spiro atoms. The zero-order valence-electron chi connectivity index (χ0n) is 14.5. The van der Waals surface area contributed by atoms with E-state index in [0.717, 1.165) is 37.6 Å². The molecule has 0 atom stereocenters. The van der Waals surface area contributed by atoms with E-state index in [1.54, 1.807) is 31.5 Å². The summed E-state index contributed by atoms with van der Waals surface area (Å²) in [7, 11) is 2.06. The molecule has 0 unspecified atom stereocenters. The van der Waals surface area contributed by atoms with Gasteiger partial charge in [-0.2, -0.15) is 0 Å². The monoisotopic (exact) mass is 338 g/mol. The second kappa shape index (κ2) is 7.44. The van der Waals surface area contributed by atoms with E-state index in [1.165, 1.54) is 0 Å². The zero-order chi connectivity index (χ0) is 17.8. The van der Waals surface area contributed by atoms with Crippen molar-refractivity contribution in [3.63, 3.8) is 0 Å². The molecule has 1 saturated heterocycles. The summed E-state index contributed by atoms with van der Waals surface area (Å²) in [5.41, 5.74) is 2.84. The van der Waals surface area contributed by atoms with Gasteiger partial charge < -0.3 is 15.1 Å². The van der Waals surface area contributed by atoms with Gasteiger partial charge >= 0.3 is 0 Å². The van der Waals surface area contributed by atoms with E-state index in [-0.39, 0.29) is 11.7 Å². The molecule has 1 aliphatic rings. The second-order valence-electron chi connectivity index (χ2n) is 6.32. The Hall–Kier alpha value is -2.73. The van der Waals surface area contributed by atoms with E-state index in [2.05, 4.69) is 22.2 Å². The number of nitrogens with one attached hydrogen (secondary N) is 1. The molecule has 6 heteroatoms. The maximum absolute atomic E-state index is 12.6. The van der Waals surface area contributed by atoms with Gasteiger partial charge in [0.2, 0.25) is 0 Å². The van der Waals surface area contributed by atoms with Crippen LogP contribution in [0.1, 0.15) is 27.6 Å². The summed E-state index contributed by atoms with van der Waals surface area (Å²) in [6, 6.07) is 9.04. The Bertz CT molecular complexity index is 765. The van der Waals surface area contributed by atoms with Gasteiger partial charge in [0.25, 0.3) is 5.91 Å². The Morgan fingerprint density at radius 1 is 0.960 bits per heavy atom. The van der Waals surface area contributed by atoms with Crippen molar-refractivity contribution >= 4 is 23.1 Å². The van der Waals surface area contributed by atoms with Crippen LogP contribution in [0.3, 0.4) is 0 Å². The minimum absolute atomic E-state index is 0.0103. The first-order valence-corrected chi connectivity index (χ1v) is 8.34. The zero-order valence-corrected chi connectivity index (χ0v) is 14.5. The van der Waals surface area contributed by atoms with Gasteiger partial charge in [0.15, 0.2) is 5.78 Å². The number of piperazine rings is 1.